The predicted octanol–water partition coefficient (Wildman–Crippen LogP) is 2.75. The zero-order chi connectivity index (χ0) is 13.2. The molecule has 96 valence electrons. The van der Waals surface area contributed by atoms with E-state index in [1.165, 1.54) is 10.6 Å². The van der Waals surface area contributed by atoms with Crippen LogP contribution in [0.2, 0.25) is 0 Å². The van der Waals surface area contributed by atoms with E-state index in [-0.39, 0.29) is 5.41 Å². The smallest absolute Gasteiger partial charge is 0.137 e. The third-order valence-corrected chi connectivity index (χ3v) is 3.74. The van der Waals surface area contributed by atoms with Crippen LogP contribution in [0.3, 0.4) is 0 Å². The summed E-state index contributed by atoms with van der Waals surface area (Å²) in [4.78, 5) is 1.27. The lowest BCUT2D eigenvalue weighted by Gasteiger charge is -2.12. The monoisotopic (exact) mass is 262 g/mol. The van der Waals surface area contributed by atoms with Crippen molar-refractivity contribution < 1.29 is 4.68 Å². The van der Waals surface area contributed by atoms with E-state index in [0.29, 0.717) is 0 Å². The molecule has 0 N–H and O–H groups in total. The molecule has 0 aliphatic heterocycles. The average Bonchev–Trinajstić information content (AvgIpc) is 2.69. The highest BCUT2D eigenvalue weighted by Gasteiger charge is 2.25. The lowest BCUT2D eigenvalue weighted by atomic mass is 9.93. The molecule has 1 aromatic carbocycles. The van der Waals surface area contributed by atoms with Gasteiger partial charge in [-0.3, -0.25) is 0 Å². The zero-order valence-corrected chi connectivity index (χ0v) is 12.2. The quantitative estimate of drug-likeness (QED) is 0.626. The molecular formula is C14H20N3S+. The third kappa shape index (κ3) is 3.13. The van der Waals surface area contributed by atoms with Gasteiger partial charge in [0.2, 0.25) is 0 Å². The summed E-state index contributed by atoms with van der Waals surface area (Å²) >= 11 is 1.79. The van der Waals surface area contributed by atoms with E-state index in [4.69, 9.17) is 0 Å². The normalized spacial score (nSPS) is 11.8. The van der Waals surface area contributed by atoms with Crippen molar-refractivity contribution in [2.45, 2.75) is 37.0 Å². The fraction of sp³-hybridized carbons (Fsp3) is 0.429. The summed E-state index contributed by atoms with van der Waals surface area (Å²) < 4.78 is 3.96. The summed E-state index contributed by atoms with van der Waals surface area (Å²) in [5.41, 5.74) is 1.38. The van der Waals surface area contributed by atoms with E-state index in [0.717, 1.165) is 5.88 Å². The van der Waals surface area contributed by atoms with Gasteiger partial charge in [-0.1, -0.05) is 50.7 Å². The highest BCUT2D eigenvalue weighted by Crippen LogP contribution is 2.20. The van der Waals surface area contributed by atoms with Crippen molar-refractivity contribution in [3.05, 3.63) is 42.2 Å². The number of thioether (sulfide) groups is 1. The van der Waals surface area contributed by atoms with Crippen LogP contribution >= 0.6 is 11.8 Å². The van der Waals surface area contributed by atoms with Crippen molar-refractivity contribution in [3.63, 3.8) is 0 Å². The number of rotatable bonds is 3. The molecule has 0 aliphatic rings. The van der Waals surface area contributed by atoms with Gasteiger partial charge in [-0.2, -0.15) is 0 Å². The molecule has 0 radical (unpaired) electrons. The molecular weight excluding hydrogens is 242 g/mol. The van der Waals surface area contributed by atoms with Crippen LogP contribution in [-0.2, 0) is 18.3 Å². The molecule has 1 aromatic heterocycles. The summed E-state index contributed by atoms with van der Waals surface area (Å²) in [5, 5.41) is 4.50. The highest BCUT2D eigenvalue weighted by molar-refractivity contribution is 7.98. The van der Waals surface area contributed by atoms with E-state index in [1.54, 1.807) is 11.8 Å². The standard InChI is InChI=1S/C14H20N3S/c1-14(2,3)13-10-17(15-16(13)4)11-18-12-8-6-5-7-9-12/h5-10H,11H2,1-4H3/q+1. The average molecular weight is 262 g/mol. The van der Waals surface area contributed by atoms with Gasteiger partial charge in [0, 0.05) is 10.3 Å². The maximum atomic E-state index is 4.50. The van der Waals surface area contributed by atoms with E-state index >= 15 is 0 Å². The van der Waals surface area contributed by atoms with Crippen molar-refractivity contribution in [1.29, 1.82) is 0 Å². The molecule has 2 aromatic rings. The Morgan fingerprint density at radius 3 is 2.44 bits per heavy atom. The number of hydrogen-bond acceptors (Lipinski definition) is 2. The van der Waals surface area contributed by atoms with Gasteiger partial charge in [0.1, 0.15) is 7.05 Å². The van der Waals surface area contributed by atoms with Crippen molar-refractivity contribution >= 4 is 11.8 Å². The van der Waals surface area contributed by atoms with E-state index < -0.39 is 0 Å². The molecule has 3 nitrogen and oxygen atoms in total. The van der Waals surface area contributed by atoms with Gasteiger partial charge in [0.25, 0.3) is 0 Å². The summed E-state index contributed by atoms with van der Waals surface area (Å²) in [6.07, 6.45) is 2.13. The fourth-order valence-electron chi connectivity index (χ4n) is 1.87. The molecule has 0 bridgehead atoms. The number of aryl methyl sites for hydroxylation is 1. The maximum Gasteiger partial charge on any atom is 0.172 e. The Labute approximate surface area is 113 Å². The summed E-state index contributed by atoms with van der Waals surface area (Å²) in [6.45, 7) is 6.62. The molecule has 0 unspecified atom stereocenters. The summed E-state index contributed by atoms with van der Waals surface area (Å²) in [5.74, 6) is 0.841. The minimum absolute atomic E-state index is 0.129. The SMILES string of the molecule is Cn1n[n+](CSc2ccccc2)cc1C(C)(C)C. The molecule has 0 saturated carbocycles. The molecule has 0 amide bonds. The largest absolute Gasteiger partial charge is 0.172 e. The van der Waals surface area contributed by atoms with Gasteiger partial charge in [0.05, 0.1) is 5.21 Å². The molecule has 0 fully saturated rings. The Bertz CT molecular complexity index is 512. The molecule has 0 saturated heterocycles. The fourth-order valence-corrected chi connectivity index (χ4v) is 2.63. The minimum atomic E-state index is 0.129. The number of hydrogen-bond donors (Lipinski definition) is 0. The first-order valence-corrected chi connectivity index (χ1v) is 7.07. The second kappa shape index (κ2) is 5.14. The Hall–Kier alpha value is -1.29. The Morgan fingerprint density at radius 1 is 1.22 bits per heavy atom. The predicted molar refractivity (Wildman–Crippen MR) is 74.4 cm³/mol. The molecule has 0 aliphatic carbocycles. The van der Waals surface area contributed by atoms with Crippen molar-refractivity contribution in [3.8, 4) is 0 Å². The molecule has 2 rings (SSSR count). The van der Waals surface area contributed by atoms with Gasteiger partial charge in [-0.05, 0) is 12.1 Å². The van der Waals surface area contributed by atoms with E-state index in [1.807, 2.05) is 22.5 Å². The molecule has 4 heteroatoms. The van der Waals surface area contributed by atoms with Crippen LogP contribution < -0.4 is 4.68 Å². The van der Waals surface area contributed by atoms with Crippen LogP contribution in [0.5, 0.6) is 0 Å². The lowest BCUT2D eigenvalue weighted by Crippen LogP contribution is -2.34. The molecule has 1 heterocycles. The minimum Gasteiger partial charge on any atom is -0.137 e. The van der Waals surface area contributed by atoms with Crippen LogP contribution in [0.4, 0.5) is 0 Å². The lowest BCUT2D eigenvalue weighted by molar-refractivity contribution is -0.736. The Morgan fingerprint density at radius 2 is 1.89 bits per heavy atom. The number of nitrogens with zero attached hydrogens (tertiary/aromatic N) is 3. The molecule has 18 heavy (non-hydrogen) atoms. The second-order valence-electron chi connectivity index (χ2n) is 5.40. The van der Waals surface area contributed by atoms with Crippen molar-refractivity contribution in [2.24, 2.45) is 7.05 Å². The van der Waals surface area contributed by atoms with Gasteiger partial charge in [-0.15, -0.1) is 9.36 Å². The van der Waals surface area contributed by atoms with Crippen LogP contribution in [0.15, 0.2) is 41.4 Å². The van der Waals surface area contributed by atoms with Crippen LogP contribution in [-0.4, -0.2) is 9.90 Å². The first-order valence-electron chi connectivity index (χ1n) is 6.09. The first-order chi connectivity index (χ1) is 8.47. The number of benzene rings is 1. The van der Waals surface area contributed by atoms with Crippen LogP contribution in [0, 0.1) is 0 Å². The third-order valence-electron chi connectivity index (χ3n) is 2.74. The van der Waals surface area contributed by atoms with Gasteiger partial charge in [0.15, 0.2) is 17.8 Å². The second-order valence-corrected chi connectivity index (χ2v) is 6.42. The van der Waals surface area contributed by atoms with Gasteiger partial charge < -0.3 is 0 Å². The Kier molecular flexibility index (Phi) is 3.76. The summed E-state index contributed by atoms with van der Waals surface area (Å²) in [7, 11) is 2.00. The van der Waals surface area contributed by atoms with Gasteiger partial charge >= 0.3 is 0 Å². The zero-order valence-electron chi connectivity index (χ0n) is 11.4. The molecule has 0 atom stereocenters. The highest BCUT2D eigenvalue weighted by atomic mass is 32.2. The van der Waals surface area contributed by atoms with Gasteiger partial charge in [-0.25, -0.2) is 0 Å². The van der Waals surface area contributed by atoms with E-state index in [9.17, 15) is 0 Å². The molecule has 0 spiro atoms. The maximum absolute atomic E-state index is 4.50. The number of aromatic nitrogens is 3. The first kappa shape index (κ1) is 13.1. The topological polar surface area (TPSA) is 21.7 Å². The summed E-state index contributed by atoms with van der Waals surface area (Å²) in [6, 6.07) is 10.4. The van der Waals surface area contributed by atoms with E-state index in [2.05, 4.69) is 56.4 Å². The Balaban J connectivity index is 2.07. The van der Waals surface area contributed by atoms with Crippen LogP contribution in [0.1, 0.15) is 26.5 Å². The van der Waals surface area contributed by atoms with Crippen molar-refractivity contribution in [2.75, 3.05) is 0 Å². The van der Waals surface area contributed by atoms with Crippen molar-refractivity contribution in [1.82, 2.24) is 9.90 Å². The van der Waals surface area contributed by atoms with Crippen LogP contribution in [0.25, 0.3) is 0 Å².